The number of anilines is 3. The Hall–Kier alpha value is -7.36. The molecule has 0 saturated heterocycles. The van der Waals surface area contributed by atoms with Gasteiger partial charge in [-0.3, -0.25) is 0 Å². The zero-order chi connectivity index (χ0) is 38.3. The van der Waals surface area contributed by atoms with Crippen LogP contribution >= 0.6 is 0 Å². The lowest BCUT2D eigenvalue weighted by Crippen LogP contribution is -2.11. The molecule has 0 aliphatic rings. The van der Waals surface area contributed by atoms with E-state index in [0.717, 1.165) is 61.7 Å². The van der Waals surface area contributed by atoms with Gasteiger partial charge < -0.3 is 13.9 Å². The van der Waals surface area contributed by atoms with Gasteiger partial charge in [0.05, 0.1) is 16.7 Å². The van der Waals surface area contributed by atoms with Gasteiger partial charge in [0.1, 0.15) is 5.76 Å². The van der Waals surface area contributed by atoms with Crippen molar-refractivity contribution < 1.29 is 4.42 Å². The van der Waals surface area contributed by atoms with E-state index >= 15 is 0 Å². The number of aryl methyl sites for hydroxylation is 1. The van der Waals surface area contributed by atoms with Gasteiger partial charge in [-0.15, -0.1) is 0 Å². The second-order valence-electron chi connectivity index (χ2n) is 14.5. The van der Waals surface area contributed by atoms with Crippen molar-refractivity contribution in [3.8, 4) is 39.1 Å². The van der Waals surface area contributed by atoms with Crippen molar-refractivity contribution in [1.82, 2.24) is 4.57 Å². The summed E-state index contributed by atoms with van der Waals surface area (Å²) >= 11 is 0. The molecule has 0 bridgehead atoms. The molecule has 0 N–H and O–H groups in total. The van der Waals surface area contributed by atoms with Crippen LogP contribution in [0.15, 0.2) is 205 Å². The summed E-state index contributed by atoms with van der Waals surface area (Å²) in [5.74, 6) is 0.894. The number of benzene rings is 8. The van der Waals surface area contributed by atoms with E-state index in [1.807, 2.05) is 0 Å². The third kappa shape index (κ3) is 6.11. The maximum absolute atomic E-state index is 6.72. The predicted molar refractivity (Wildman–Crippen MR) is 241 cm³/mol. The summed E-state index contributed by atoms with van der Waals surface area (Å²) in [6, 6.07) is 69.7. The van der Waals surface area contributed by atoms with Crippen molar-refractivity contribution in [2.24, 2.45) is 0 Å². The molecular weight excluding hydrogens is 693 g/mol. The molecule has 2 aromatic heterocycles. The second kappa shape index (κ2) is 14.4. The summed E-state index contributed by atoms with van der Waals surface area (Å²) in [6.07, 6.45) is 4.24. The first-order chi connectivity index (χ1) is 28.1. The largest absolute Gasteiger partial charge is 0.459 e. The van der Waals surface area contributed by atoms with Gasteiger partial charge in [0.15, 0.2) is 5.58 Å². The number of para-hydroxylation sites is 2. The van der Waals surface area contributed by atoms with Crippen molar-refractivity contribution in [1.29, 1.82) is 0 Å². The Balaban J connectivity index is 1.14. The van der Waals surface area contributed by atoms with E-state index in [1.165, 1.54) is 38.5 Å². The Kier molecular flexibility index (Phi) is 8.61. The first-order valence-electron chi connectivity index (χ1n) is 19.5. The molecule has 0 atom stereocenters. The number of hydrogen-bond donors (Lipinski definition) is 0. The monoisotopic (exact) mass is 732 g/mol. The lowest BCUT2D eigenvalue weighted by molar-refractivity contribution is 0.578. The minimum Gasteiger partial charge on any atom is -0.459 e. The van der Waals surface area contributed by atoms with Crippen molar-refractivity contribution in [2.75, 3.05) is 4.90 Å². The normalized spacial score (nSPS) is 11.6. The van der Waals surface area contributed by atoms with Gasteiger partial charge in [0, 0.05) is 38.8 Å². The fraction of sp³-hybridized carbons (Fsp3) is 0.0370. The van der Waals surface area contributed by atoms with E-state index in [0.29, 0.717) is 0 Å². The minimum absolute atomic E-state index is 0.854. The summed E-state index contributed by atoms with van der Waals surface area (Å²) < 4.78 is 9.09. The molecule has 8 aromatic carbocycles. The predicted octanol–water partition coefficient (Wildman–Crippen LogP) is 15.3. The number of allylic oxidation sites excluding steroid dienone is 1. The van der Waals surface area contributed by atoms with Crippen LogP contribution in [0.2, 0.25) is 0 Å². The Bertz CT molecular complexity index is 2990. The van der Waals surface area contributed by atoms with Crippen molar-refractivity contribution in [3.05, 3.63) is 212 Å². The SMILES string of the molecule is C/C=C\c1c(C)oc2c(N(c3ccc(-c4ccc(-c5ccccc5)cc4)cc3)c3ccc(-n4c5ccccc5c5ccccc54)cc3)cc(-c3ccccc3)cc12. The quantitative estimate of drug-likeness (QED) is 0.155. The first kappa shape index (κ1) is 34.2. The van der Waals surface area contributed by atoms with Gasteiger partial charge in [-0.25, -0.2) is 0 Å². The van der Waals surface area contributed by atoms with Crippen molar-refractivity contribution in [2.45, 2.75) is 13.8 Å². The molecule has 0 saturated carbocycles. The highest BCUT2D eigenvalue weighted by molar-refractivity contribution is 6.09. The Labute approximate surface area is 333 Å². The number of furan rings is 1. The van der Waals surface area contributed by atoms with Crippen LogP contribution in [-0.4, -0.2) is 4.57 Å². The molecule has 3 nitrogen and oxygen atoms in total. The first-order valence-corrected chi connectivity index (χ1v) is 19.5. The van der Waals surface area contributed by atoms with Gasteiger partial charge in [0.25, 0.3) is 0 Å². The highest BCUT2D eigenvalue weighted by Gasteiger charge is 2.23. The molecule has 0 fully saturated rings. The molecular formula is C54H40N2O. The van der Waals surface area contributed by atoms with Gasteiger partial charge >= 0.3 is 0 Å². The maximum atomic E-state index is 6.72. The molecule has 0 spiro atoms. The molecule has 0 radical (unpaired) electrons. The van der Waals surface area contributed by atoms with Crippen LogP contribution < -0.4 is 4.90 Å². The zero-order valence-corrected chi connectivity index (χ0v) is 31.9. The van der Waals surface area contributed by atoms with Crippen molar-refractivity contribution in [3.63, 3.8) is 0 Å². The number of nitrogens with zero attached hydrogens (tertiary/aromatic N) is 2. The molecule has 0 aliphatic heterocycles. The maximum Gasteiger partial charge on any atom is 0.158 e. The molecule has 272 valence electrons. The summed E-state index contributed by atoms with van der Waals surface area (Å²) in [7, 11) is 0. The summed E-state index contributed by atoms with van der Waals surface area (Å²) in [5.41, 5.74) is 15.5. The van der Waals surface area contributed by atoms with E-state index in [-0.39, 0.29) is 0 Å². The van der Waals surface area contributed by atoms with E-state index in [4.69, 9.17) is 4.42 Å². The lowest BCUT2D eigenvalue weighted by atomic mass is 9.99. The van der Waals surface area contributed by atoms with Gasteiger partial charge in [0.2, 0.25) is 0 Å². The van der Waals surface area contributed by atoms with Crippen LogP contribution in [0.5, 0.6) is 0 Å². The van der Waals surface area contributed by atoms with E-state index < -0.39 is 0 Å². The van der Waals surface area contributed by atoms with Crippen LogP contribution in [0, 0.1) is 6.92 Å². The van der Waals surface area contributed by atoms with Gasteiger partial charge in [-0.05, 0) is 108 Å². The van der Waals surface area contributed by atoms with Crippen molar-refractivity contribution >= 4 is 55.9 Å². The molecule has 3 heteroatoms. The average molecular weight is 733 g/mol. The highest BCUT2D eigenvalue weighted by atomic mass is 16.3. The number of rotatable bonds is 8. The third-order valence-corrected chi connectivity index (χ3v) is 11.1. The number of hydrogen-bond acceptors (Lipinski definition) is 2. The summed E-state index contributed by atoms with van der Waals surface area (Å²) in [5, 5.41) is 3.58. The lowest BCUT2D eigenvalue weighted by Gasteiger charge is -2.27. The molecule has 0 aliphatic carbocycles. The average Bonchev–Trinajstić information content (AvgIpc) is 3.79. The molecule has 10 aromatic rings. The molecule has 0 unspecified atom stereocenters. The standard InChI is InChI=1S/C54H40N2O/c1-3-14-47-37(2)57-54-50(47)35-43(39-17-8-5-9-18-39)36-53(54)55(44-29-27-42(28-30-44)41-25-23-40(24-26-41)38-15-6-4-7-16-38)45-31-33-46(34-32-45)56-51-21-12-10-19-48(51)49-20-11-13-22-52(49)56/h3-36H,1-2H3/b14-3-. The Morgan fingerprint density at radius 3 is 1.46 bits per heavy atom. The van der Waals surface area contributed by atoms with E-state index in [9.17, 15) is 0 Å². The molecule has 2 heterocycles. The molecule has 0 amide bonds. The fourth-order valence-electron chi connectivity index (χ4n) is 8.32. The van der Waals surface area contributed by atoms with E-state index in [1.54, 1.807) is 0 Å². The third-order valence-electron chi connectivity index (χ3n) is 11.1. The second-order valence-corrected chi connectivity index (χ2v) is 14.5. The molecule has 10 rings (SSSR count). The topological polar surface area (TPSA) is 21.3 Å². The van der Waals surface area contributed by atoms with Crippen LogP contribution in [0.1, 0.15) is 18.2 Å². The van der Waals surface area contributed by atoms with Gasteiger partial charge in [-0.1, -0.05) is 146 Å². The number of aromatic nitrogens is 1. The smallest absolute Gasteiger partial charge is 0.158 e. The zero-order valence-electron chi connectivity index (χ0n) is 31.9. The minimum atomic E-state index is 0.854. The summed E-state index contributed by atoms with van der Waals surface area (Å²) in [4.78, 5) is 2.34. The van der Waals surface area contributed by atoms with Crippen LogP contribution in [0.4, 0.5) is 17.1 Å². The fourth-order valence-corrected chi connectivity index (χ4v) is 8.32. The number of fused-ring (bicyclic) bond motifs is 4. The summed E-state index contributed by atoms with van der Waals surface area (Å²) in [6.45, 7) is 4.12. The van der Waals surface area contributed by atoms with E-state index in [2.05, 4.69) is 230 Å². The Morgan fingerprint density at radius 1 is 0.456 bits per heavy atom. The van der Waals surface area contributed by atoms with Gasteiger partial charge in [-0.2, -0.15) is 0 Å². The highest BCUT2D eigenvalue weighted by Crippen LogP contribution is 2.45. The van der Waals surface area contributed by atoms with Crippen LogP contribution in [-0.2, 0) is 0 Å². The van der Waals surface area contributed by atoms with Crippen LogP contribution in [0.25, 0.3) is 77.9 Å². The van der Waals surface area contributed by atoms with Crippen LogP contribution in [0.3, 0.4) is 0 Å². The Morgan fingerprint density at radius 2 is 0.912 bits per heavy atom. The molecule has 57 heavy (non-hydrogen) atoms.